The molecule has 152 valence electrons. The summed E-state index contributed by atoms with van der Waals surface area (Å²) in [5.74, 6) is 0.517. The lowest BCUT2D eigenvalue weighted by Gasteiger charge is -2.16. The predicted molar refractivity (Wildman–Crippen MR) is 123 cm³/mol. The predicted octanol–water partition coefficient (Wildman–Crippen LogP) is 4.31. The Labute approximate surface area is 190 Å². The highest BCUT2D eigenvalue weighted by Gasteiger charge is 2.10. The molecule has 0 heterocycles. The van der Waals surface area contributed by atoms with Gasteiger partial charge < -0.3 is 15.7 Å². The van der Waals surface area contributed by atoms with E-state index in [4.69, 9.17) is 23.2 Å². The van der Waals surface area contributed by atoms with Crippen molar-refractivity contribution in [1.29, 1.82) is 0 Å². The van der Waals surface area contributed by atoms with Gasteiger partial charge in [-0.1, -0.05) is 35.3 Å². The maximum Gasteiger partial charge on any atom is 0.269 e. The first-order valence-electron chi connectivity index (χ1n) is 8.28. The highest BCUT2D eigenvalue weighted by Crippen LogP contribution is 2.23. The second-order valence-electron chi connectivity index (χ2n) is 5.72. The Hall–Kier alpha value is -1.62. The van der Waals surface area contributed by atoms with Crippen LogP contribution in [0.3, 0.4) is 0 Å². The van der Waals surface area contributed by atoms with Crippen LogP contribution in [0.4, 0.5) is 5.69 Å². The summed E-state index contributed by atoms with van der Waals surface area (Å²) in [6.07, 6.45) is -0.815. The molecule has 2 aromatic rings. The van der Waals surface area contributed by atoms with Crippen LogP contribution in [0, 0.1) is 10.1 Å². The van der Waals surface area contributed by atoms with E-state index < -0.39 is 11.0 Å². The molecule has 1 atom stereocenters. The van der Waals surface area contributed by atoms with Gasteiger partial charge in [-0.2, -0.15) is 0 Å². The fourth-order valence-electron chi connectivity index (χ4n) is 2.31. The number of hydrogen-bond acceptors (Lipinski definition) is 4. The number of aliphatic imine (C=N–C) groups is 1. The molecular formula is C18H21Cl2IN4O3. The van der Waals surface area contributed by atoms with Crippen LogP contribution >= 0.6 is 47.2 Å². The van der Waals surface area contributed by atoms with Crippen molar-refractivity contribution in [3.63, 3.8) is 0 Å². The first-order valence-corrected chi connectivity index (χ1v) is 9.04. The Morgan fingerprint density at radius 2 is 1.79 bits per heavy atom. The zero-order valence-corrected chi connectivity index (χ0v) is 18.9. The summed E-state index contributed by atoms with van der Waals surface area (Å²) in [5.41, 5.74) is 1.47. The number of nitrogens with zero attached hydrogens (tertiary/aromatic N) is 2. The SMILES string of the molecule is CCNC(=NCc1ccc([N+](=O)[O-])cc1)NCC(O)c1cc(Cl)cc(Cl)c1.I. The maximum absolute atomic E-state index is 10.7. The van der Waals surface area contributed by atoms with Gasteiger partial charge >= 0.3 is 0 Å². The quantitative estimate of drug-likeness (QED) is 0.160. The summed E-state index contributed by atoms with van der Waals surface area (Å²) in [6, 6.07) is 11.1. The molecule has 0 radical (unpaired) electrons. The van der Waals surface area contributed by atoms with E-state index in [1.54, 1.807) is 30.3 Å². The number of halogens is 3. The number of non-ortho nitro benzene ring substituents is 1. The largest absolute Gasteiger partial charge is 0.387 e. The molecule has 0 saturated heterocycles. The summed E-state index contributed by atoms with van der Waals surface area (Å²) < 4.78 is 0. The standard InChI is InChI=1S/C18H20Cl2N4O3.HI/c1-2-21-18(22-10-12-3-5-16(6-4-12)24(26)27)23-11-17(25)13-7-14(19)9-15(20)8-13;/h3-9,17,25H,2,10-11H2,1H3,(H2,21,22,23);1H. The lowest BCUT2D eigenvalue weighted by Crippen LogP contribution is -2.39. The molecule has 2 rings (SSSR count). The maximum atomic E-state index is 10.7. The van der Waals surface area contributed by atoms with Crippen LogP contribution in [0.1, 0.15) is 24.2 Å². The second kappa shape index (κ2) is 12.1. The van der Waals surface area contributed by atoms with Crippen molar-refractivity contribution >= 4 is 58.8 Å². The summed E-state index contributed by atoms with van der Waals surface area (Å²) >= 11 is 11.9. The molecular weight excluding hydrogens is 518 g/mol. The van der Waals surface area contributed by atoms with Crippen molar-refractivity contribution < 1.29 is 10.0 Å². The van der Waals surface area contributed by atoms with Gasteiger partial charge in [0.25, 0.3) is 5.69 Å². The number of guanidine groups is 1. The summed E-state index contributed by atoms with van der Waals surface area (Å²) in [7, 11) is 0. The zero-order chi connectivity index (χ0) is 19.8. The molecule has 3 N–H and O–H groups in total. The van der Waals surface area contributed by atoms with Crippen molar-refractivity contribution in [2.75, 3.05) is 13.1 Å². The molecule has 0 saturated carbocycles. The Balaban J connectivity index is 0.00000392. The van der Waals surface area contributed by atoms with Crippen LogP contribution in [-0.4, -0.2) is 29.1 Å². The third-order valence-corrected chi connectivity index (χ3v) is 4.08. The monoisotopic (exact) mass is 538 g/mol. The van der Waals surface area contributed by atoms with E-state index >= 15 is 0 Å². The molecule has 0 aliphatic rings. The molecule has 0 fully saturated rings. The van der Waals surface area contributed by atoms with E-state index in [0.29, 0.717) is 34.7 Å². The average molecular weight is 539 g/mol. The first kappa shape index (κ1) is 24.4. The number of aliphatic hydroxyl groups is 1. The van der Waals surface area contributed by atoms with Gasteiger partial charge in [0.15, 0.2) is 5.96 Å². The topological polar surface area (TPSA) is 99.8 Å². The van der Waals surface area contributed by atoms with Gasteiger partial charge in [0.1, 0.15) is 0 Å². The van der Waals surface area contributed by atoms with Crippen LogP contribution in [0.25, 0.3) is 0 Å². The molecule has 0 bridgehead atoms. The summed E-state index contributed by atoms with van der Waals surface area (Å²) in [6.45, 7) is 3.12. The highest BCUT2D eigenvalue weighted by molar-refractivity contribution is 14.0. The first-order chi connectivity index (χ1) is 12.9. The number of nitrogens with one attached hydrogen (secondary N) is 2. The lowest BCUT2D eigenvalue weighted by atomic mass is 10.1. The molecule has 1 unspecified atom stereocenters. The molecule has 0 amide bonds. The van der Waals surface area contributed by atoms with Crippen LogP contribution in [0.5, 0.6) is 0 Å². The van der Waals surface area contributed by atoms with Gasteiger partial charge in [-0.05, 0) is 36.2 Å². The molecule has 0 aromatic heterocycles. The Bertz CT molecular complexity index is 799. The molecule has 28 heavy (non-hydrogen) atoms. The van der Waals surface area contributed by atoms with E-state index in [-0.39, 0.29) is 36.2 Å². The summed E-state index contributed by atoms with van der Waals surface area (Å²) in [5, 5.41) is 28.1. The van der Waals surface area contributed by atoms with E-state index in [2.05, 4.69) is 15.6 Å². The Kier molecular flexibility index (Phi) is 10.5. The van der Waals surface area contributed by atoms with Crippen LogP contribution < -0.4 is 10.6 Å². The minimum Gasteiger partial charge on any atom is -0.387 e. The molecule has 2 aromatic carbocycles. The molecule has 0 spiro atoms. The van der Waals surface area contributed by atoms with Crippen LogP contribution in [-0.2, 0) is 6.54 Å². The van der Waals surface area contributed by atoms with Crippen LogP contribution in [0.2, 0.25) is 10.0 Å². The highest BCUT2D eigenvalue weighted by atomic mass is 127. The van der Waals surface area contributed by atoms with Crippen molar-refractivity contribution in [2.24, 2.45) is 4.99 Å². The van der Waals surface area contributed by atoms with E-state index in [1.165, 1.54) is 12.1 Å². The van der Waals surface area contributed by atoms with Crippen molar-refractivity contribution in [3.8, 4) is 0 Å². The van der Waals surface area contributed by atoms with Gasteiger partial charge in [0.2, 0.25) is 0 Å². The normalized spacial score (nSPS) is 12.1. The molecule has 7 nitrogen and oxygen atoms in total. The molecule has 0 aliphatic carbocycles. The smallest absolute Gasteiger partial charge is 0.269 e. The average Bonchev–Trinajstić information content (AvgIpc) is 2.63. The van der Waals surface area contributed by atoms with Crippen LogP contribution in [0.15, 0.2) is 47.5 Å². The van der Waals surface area contributed by atoms with Gasteiger partial charge in [-0.25, -0.2) is 4.99 Å². The number of nitro groups is 1. The van der Waals surface area contributed by atoms with E-state index in [1.807, 2.05) is 6.92 Å². The minimum absolute atomic E-state index is 0. The second-order valence-corrected chi connectivity index (χ2v) is 6.59. The third-order valence-electron chi connectivity index (χ3n) is 3.64. The number of benzene rings is 2. The zero-order valence-electron chi connectivity index (χ0n) is 15.1. The number of hydrogen-bond donors (Lipinski definition) is 3. The Morgan fingerprint density at radius 1 is 1.18 bits per heavy atom. The third kappa shape index (κ3) is 7.78. The van der Waals surface area contributed by atoms with Crippen molar-refractivity contribution in [1.82, 2.24) is 10.6 Å². The van der Waals surface area contributed by atoms with Gasteiger partial charge in [-0.15, -0.1) is 24.0 Å². The number of nitro benzene ring substituents is 1. The molecule has 0 aliphatic heterocycles. The number of rotatable bonds is 7. The molecule has 10 heteroatoms. The fourth-order valence-corrected chi connectivity index (χ4v) is 2.86. The van der Waals surface area contributed by atoms with Gasteiger partial charge in [0.05, 0.1) is 17.6 Å². The lowest BCUT2D eigenvalue weighted by molar-refractivity contribution is -0.384. The van der Waals surface area contributed by atoms with E-state index in [9.17, 15) is 15.2 Å². The van der Waals surface area contributed by atoms with Gasteiger partial charge in [-0.3, -0.25) is 10.1 Å². The summed E-state index contributed by atoms with van der Waals surface area (Å²) in [4.78, 5) is 14.7. The van der Waals surface area contributed by atoms with E-state index in [0.717, 1.165) is 5.56 Å². The Morgan fingerprint density at radius 3 is 2.32 bits per heavy atom. The minimum atomic E-state index is -0.815. The van der Waals surface area contributed by atoms with Crippen molar-refractivity contribution in [2.45, 2.75) is 19.6 Å². The number of aliphatic hydroxyl groups excluding tert-OH is 1. The fraction of sp³-hybridized carbons (Fsp3) is 0.278. The van der Waals surface area contributed by atoms with Crippen molar-refractivity contribution in [3.05, 3.63) is 73.8 Å². The van der Waals surface area contributed by atoms with Gasteiger partial charge in [0, 0.05) is 35.3 Å².